The number of hydrogen-bond acceptors (Lipinski definition) is 11. The van der Waals surface area contributed by atoms with Crippen LogP contribution in [0.1, 0.15) is 142 Å². The summed E-state index contributed by atoms with van der Waals surface area (Å²) in [5, 5.41) is 30.6. The van der Waals surface area contributed by atoms with Crippen LogP contribution in [0.15, 0.2) is 24.3 Å². The highest BCUT2D eigenvalue weighted by molar-refractivity contribution is 7.85. The molecule has 0 aromatic rings. The van der Waals surface area contributed by atoms with E-state index in [9.17, 15) is 37.9 Å². The minimum Gasteiger partial charge on any atom is -0.458 e. The van der Waals surface area contributed by atoms with E-state index in [-0.39, 0.29) is 13.0 Å². The van der Waals surface area contributed by atoms with Crippen molar-refractivity contribution < 1.29 is 56.8 Å². The van der Waals surface area contributed by atoms with Crippen molar-refractivity contribution in [2.75, 3.05) is 19.0 Å². The zero-order valence-electron chi connectivity index (χ0n) is 30.5. The SMILES string of the molecule is CCCCCCCCCCCCC/C=C/C=C/C(=O)OC[C@H](CO[C@H]1O[C@H](CS(=O)(=O)O)[C@@H](O)C(O)C1O)OC(=O)CCCCCCCCC. The number of esters is 2. The van der Waals surface area contributed by atoms with Gasteiger partial charge in [-0.15, -0.1) is 0 Å². The van der Waals surface area contributed by atoms with Crippen LogP contribution in [0.4, 0.5) is 0 Å². The van der Waals surface area contributed by atoms with Gasteiger partial charge in [-0.1, -0.05) is 135 Å². The van der Waals surface area contributed by atoms with E-state index in [2.05, 4.69) is 13.8 Å². The molecule has 6 atom stereocenters. The van der Waals surface area contributed by atoms with Crippen molar-refractivity contribution in [3.05, 3.63) is 24.3 Å². The molecule has 0 amide bonds. The number of carbonyl (C=O) groups is 2. The van der Waals surface area contributed by atoms with Crippen molar-refractivity contribution in [1.82, 2.24) is 0 Å². The number of ether oxygens (including phenoxy) is 4. The van der Waals surface area contributed by atoms with Gasteiger partial charge in [0.25, 0.3) is 10.1 Å². The molecule has 0 aliphatic carbocycles. The van der Waals surface area contributed by atoms with Crippen molar-refractivity contribution in [2.45, 2.75) is 179 Å². The normalized spacial score (nSPS) is 21.9. The minimum atomic E-state index is -4.60. The summed E-state index contributed by atoms with van der Waals surface area (Å²) in [5.41, 5.74) is 0. The van der Waals surface area contributed by atoms with Crippen LogP contribution in [-0.2, 0) is 38.7 Å². The molecule has 1 heterocycles. The standard InChI is InChI=1S/C37H66O12S/c1-3-5-7-9-11-12-13-14-15-16-17-18-20-21-23-25-32(38)46-27-30(48-33(39)26-24-22-19-10-8-6-4-2)28-47-37-36(42)35(41)34(40)31(49-37)29-50(43,44)45/h20-21,23,25,30-31,34-37,40-42H,3-19,22,24,26-29H2,1-2H3,(H,43,44,45)/b21-20+,25-23+/t30-,31-,34-,35?,36?,37+/m1/s1. The summed E-state index contributed by atoms with van der Waals surface area (Å²) in [6, 6.07) is 0. The number of rotatable bonds is 30. The van der Waals surface area contributed by atoms with Gasteiger partial charge in [-0.3, -0.25) is 9.35 Å². The van der Waals surface area contributed by atoms with E-state index in [1.165, 1.54) is 76.7 Å². The van der Waals surface area contributed by atoms with Crippen molar-refractivity contribution in [1.29, 1.82) is 0 Å². The maximum absolute atomic E-state index is 12.6. The van der Waals surface area contributed by atoms with E-state index in [1.54, 1.807) is 12.2 Å². The van der Waals surface area contributed by atoms with Gasteiger partial charge in [0.1, 0.15) is 36.8 Å². The molecule has 0 radical (unpaired) electrons. The molecule has 1 aliphatic rings. The number of hydrogen-bond donors (Lipinski definition) is 4. The highest BCUT2D eigenvalue weighted by atomic mass is 32.2. The Morgan fingerprint density at radius 3 is 1.82 bits per heavy atom. The molecule has 0 aromatic heterocycles. The van der Waals surface area contributed by atoms with Gasteiger partial charge in [0.2, 0.25) is 0 Å². The van der Waals surface area contributed by atoms with E-state index in [0.717, 1.165) is 44.9 Å². The number of unbranched alkanes of at least 4 members (excludes halogenated alkanes) is 17. The number of allylic oxidation sites excluding steroid dienone is 3. The molecule has 1 saturated heterocycles. The molecule has 4 N–H and O–H groups in total. The van der Waals surface area contributed by atoms with Crippen LogP contribution in [0.3, 0.4) is 0 Å². The Hall–Kier alpha value is -1.87. The molecular formula is C37H66O12S. The maximum Gasteiger partial charge on any atom is 0.330 e. The number of aliphatic hydroxyl groups excluding tert-OH is 3. The number of aliphatic hydroxyl groups is 3. The molecule has 0 spiro atoms. The van der Waals surface area contributed by atoms with Gasteiger partial charge in [-0.25, -0.2) is 4.79 Å². The van der Waals surface area contributed by atoms with Crippen LogP contribution >= 0.6 is 0 Å². The monoisotopic (exact) mass is 734 g/mol. The summed E-state index contributed by atoms with van der Waals surface area (Å²) in [4.78, 5) is 25.0. The predicted molar refractivity (Wildman–Crippen MR) is 192 cm³/mol. The van der Waals surface area contributed by atoms with Crippen molar-refractivity contribution in [3.8, 4) is 0 Å². The van der Waals surface area contributed by atoms with E-state index in [4.69, 9.17) is 18.9 Å². The van der Waals surface area contributed by atoms with Crippen LogP contribution in [0, 0.1) is 0 Å². The fraction of sp³-hybridized carbons (Fsp3) is 0.838. The van der Waals surface area contributed by atoms with Gasteiger partial charge in [0, 0.05) is 12.5 Å². The quantitative estimate of drug-likeness (QED) is 0.0219. The highest BCUT2D eigenvalue weighted by Gasteiger charge is 2.46. The van der Waals surface area contributed by atoms with Crippen LogP contribution < -0.4 is 0 Å². The molecule has 0 bridgehead atoms. The molecule has 0 aromatic carbocycles. The smallest absolute Gasteiger partial charge is 0.330 e. The average Bonchev–Trinajstić information content (AvgIpc) is 3.07. The lowest BCUT2D eigenvalue weighted by Gasteiger charge is -2.40. The molecule has 2 unspecified atom stereocenters. The lowest BCUT2D eigenvalue weighted by atomic mass is 10.00. The first-order valence-corrected chi connectivity index (χ1v) is 20.5. The third-order valence-corrected chi connectivity index (χ3v) is 9.39. The van der Waals surface area contributed by atoms with Gasteiger partial charge < -0.3 is 34.3 Å². The fourth-order valence-electron chi connectivity index (χ4n) is 5.65. The second kappa shape index (κ2) is 28.7. The second-order valence-corrected chi connectivity index (χ2v) is 14.8. The Kier molecular flexibility index (Phi) is 26.5. The summed E-state index contributed by atoms with van der Waals surface area (Å²) in [6.45, 7) is 3.56. The summed E-state index contributed by atoms with van der Waals surface area (Å²) < 4.78 is 53.4. The zero-order valence-corrected chi connectivity index (χ0v) is 31.3. The fourth-order valence-corrected chi connectivity index (χ4v) is 6.34. The van der Waals surface area contributed by atoms with E-state index < -0.39 is 71.2 Å². The topological polar surface area (TPSA) is 186 Å². The first-order chi connectivity index (χ1) is 24.0. The summed E-state index contributed by atoms with van der Waals surface area (Å²) >= 11 is 0. The van der Waals surface area contributed by atoms with E-state index in [1.807, 2.05) is 6.08 Å². The van der Waals surface area contributed by atoms with Gasteiger partial charge in [0.15, 0.2) is 12.4 Å². The molecule has 0 saturated carbocycles. The Labute approximate surface area is 300 Å². The van der Waals surface area contributed by atoms with E-state index in [0.29, 0.717) is 6.42 Å². The molecule has 50 heavy (non-hydrogen) atoms. The first-order valence-electron chi connectivity index (χ1n) is 18.9. The van der Waals surface area contributed by atoms with Crippen LogP contribution in [0.2, 0.25) is 0 Å². The Bertz CT molecular complexity index is 1050. The number of carbonyl (C=O) groups excluding carboxylic acids is 2. The van der Waals surface area contributed by atoms with Crippen LogP contribution in [-0.4, -0.2) is 96.0 Å². The molecular weight excluding hydrogens is 668 g/mol. The van der Waals surface area contributed by atoms with Gasteiger partial charge >= 0.3 is 11.9 Å². The summed E-state index contributed by atoms with van der Waals surface area (Å²) in [5.74, 6) is -2.25. The Morgan fingerprint density at radius 2 is 1.26 bits per heavy atom. The Balaban J connectivity index is 2.55. The molecule has 292 valence electrons. The lowest BCUT2D eigenvalue weighted by molar-refractivity contribution is -0.297. The van der Waals surface area contributed by atoms with Gasteiger partial charge in [-0.2, -0.15) is 8.42 Å². The van der Waals surface area contributed by atoms with Crippen LogP contribution in [0.25, 0.3) is 0 Å². The second-order valence-electron chi connectivity index (χ2n) is 13.3. The summed E-state index contributed by atoms with van der Waals surface area (Å²) in [6.07, 6.45) is 19.0. The van der Waals surface area contributed by atoms with Gasteiger partial charge in [-0.05, 0) is 19.3 Å². The molecule has 1 aliphatic heterocycles. The maximum atomic E-state index is 12.6. The third-order valence-electron chi connectivity index (χ3n) is 8.64. The van der Waals surface area contributed by atoms with Crippen molar-refractivity contribution in [3.63, 3.8) is 0 Å². The van der Waals surface area contributed by atoms with Crippen molar-refractivity contribution >= 4 is 22.1 Å². The van der Waals surface area contributed by atoms with Crippen molar-refractivity contribution in [2.24, 2.45) is 0 Å². The molecule has 1 rings (SSSR count). The third kappa shape index (κ3) is 23.6. The van der Waals surface area contributed by atoms with E-state index >= 15 is 0 Å². The lowest BCUT2D eigenvalue weighted by Crippen LogP contribution is -2.60. The molecule has 1 fully saturated rings. The Morgan fingerprint density at radius 1 is 0.720 bits per heavy atom. The minimum absolute atomic E-state index is 0.145. The largest absolute Gasteiger partial charge is 0.458 e. The highest BCUT2D eigenvalue weighted by Crippen LogP contribution is 2.24. The van der Waals surface area contributed by atoms with Gasteiger partial charge in [0.05, 0.1) is 6.61 Å². The molecule has 12 nitrogen and oxygen atoms in total. The average molecular weight is 735 g/mol. The first kappa shape index (κ1) is 46.2. The predicted octanol–water partition coefficient (Wildman–Crippen LogP) is 6.11. The van der Waals surface area contributed by atoms with Crippen LogP contribution in [0.5, 0.6) is 0 Å². The summed E-state index contributed by atoms with van der Waals surface area (Å²) in [7, 11) is -4.60. The zero-order chi connectivity index (χ0) is 37.0. The molecule has 13 heteroatoms.